The summed E-state index contributed by atoms with van der Waals surface area (Å²) in [7, 11) is 4.05. The van der Waals surface area contributed by atoms with Crippen LogP contribution in [0.4, 0.5) is 9.52 Å². The monoisotopic (exact) mass is 371 g/mol. The van der Waals surface area contributed by atoms with Crippen LogP contribution < -0.4 is 4.90 Å². The molecule has 0 unspecified atom stereocenters. The lowest BCUT2D eigenvalue weighted by Gasteiger charge is -2.30. The standard InChI is InChI=1S/C17H22FN3OS.ClH/c1-20(2)9-4-10-21(16(22)12-5-3-6-12)17-19-14-8-7-13(18)11-15(14)23-17;/h7-8,11-12H,3-6,9-10H2,1-2H3;1H. The lowest BCUT2D eigenvalue weighted by atomic mass is 9.84. The van der Waals surface area contributed by atoms with Gasteiger partial charge in [-0.3, -0.25) is 9.69 Å². The van der Waals surface area contributed by atoms with E-state index in [1.807, 2.05) is 19.0 Å². The van der Waals surface area contributed by atoms with Crippen molar-refractivity contribution in [3.05, 3.63) is 24.0 Å². The molecule has 1 fully saturated rings. The number of fused-ring (bicyclic) bond motifs is 1. The summed E-state index contributed by atoms with van der Waals surface area (Å²) in [6.45, 7) is 1.59. The minimum absolute atomic E-state index is 0. The van der Waals surface area contributed by atoms with Crippen molar-refractivity contribution >= 4 is 45.0 Å². The van der Waals surface area contributed by atoms with Crippen molar-refractivity contribution in [1.82, 2.24) is 9.88 Å². The molecule has 0 aliphatic heterocycles. The van der Waals surface area contributed by atoms with Gasteiger partial charge in [0.05, 0.1) is 10.2 Å². The van der Waals surface area contributed by atoms with Crippen LogP contribution in [0.1, 0.15) is 25.7 Å². The molecule has 24 heavy (non-hydrogen) atoms. The second-order valence-corrected chi connectivity index (χ2v) is 7.39. The topological polar surface area (TPSA) is 36.4 Å². The van der Waals surface area contributed by atoms with Gasteiger partial charge in [0.25, 0.3) is 0 Å². The van der Waals surface area contributed by atoms with Crippen molar-refractivity contribution in [3.63, 3.8) is 0 Å². The van der Waals surface area contributed by atoms with E-state index >= 15 is 0 Å². The van der Waals surface area contributed by atoms with E-state index in [1.165, 1.54) is 23.5 Å². The van der Waals surface area contributed by atoms with Gasteiger partial charge in [0.15, 0.2) is 5.13 Å². The molecule has 0 N–H and O–H groups in total. The van der Waals surface area contributed by atoms with Crippen LogP contribution in [-0.4, -0.2) is 43.0 Å². The van der Waals surface area contributed by atoms with Crippen LogP contribution in [0, 0.1) is 11.7 Å². The highest BCUT2D eigenvalue weighted by Crippen LogP contribution is 2.34. The Kier molecular flexibility index (Phi) is 6.54. The normalized spacial score (nSPS) is 14.5. The number of rotatable bonds is 6. The third kappa shape index (κ3) is 4.23. The van der Waals surface area contributed by atoms with Gasteiger partial charge >= 0.3 is 0 Å². The fourth-order valence-electron chi connectivity index (χ4n) is 2.72. The second-order valence-electron chi connectivity index (χ2n) is 6.38. The molecule has 1 aromatic heterocycles. The maximum absolute atomic E-state index is 13.4. The maximum Gasteiger partial charge on any atom is 0.231 e. The van der Waals surface area contributed by atoms with Crippen molar-refractivity contribution in [2.24, 2.45) is 5.92 Å². The number of aromatic nitrogens is 1. The zero-order chi connectivity index (χ0) is 16.4. The van der Waals surface area contributed by atoms with E-state index in [1.54, 1.807) is 6.07 Å². The fourth-order valence-corrected chi connectivity index (χ4v) is 3.74. The van der Waals surface area contributed by atoms with Crippen LogP contribution in [0.2, 0.25) is 0 Å². The molecular formula is C17H23ClFN3OS. The average Bonchev–Trinajstić information content (AvgIpc) is 2.83. The first-order valence-electron chi connectivity index (χ1n) is 8.07. The van der Waals surface area contributed by atoms with Crippen molar-refractivity contribution < 1.29 is 9.18 Å². The molecule has 3 rings (SSSR count). The molecule has 0 radical (unpaired) electrons. The van der Waals surface area contributed by atoms with E-state index in [0.717, 1.165) is 42.4 Å². The zero-order valence-electron chi connectivity index (χ0n) is 14.0. The number of carbonyl (C=O) groups excluding carboxylic acids is 1. The first-order valence-corrected chi connectivity index (χ1v) is 8.88. The van der Waals surface area contributed by atoms with Crippen molar-refractivity contribution in [2.45, 2.75) is 25.7 Å². The zero-order valence-corrected chi connectivity index (χ0v) is 15.6. The van der Waals surface area contributed by atoms with Gasteiger partial charge in [-0.15, -0.1) is 12.4 Å². The minimum atomic E-state index is -0.267. The number of benzene rings is 1. The predicted octanol–water partition coefficient (Wildman–Crippen LogP) is 3.94. The Hall–Kier alpha value is -1.24. The van der Waals surface area contributed by atoms with Gasteiger partial charge in [0.2, 0.25) is 5.91 Å². The molecule has 132 valence electrons. The third-order valence-electron chi connectivity index (χ3n) is 4.28. The van der Waals surface area contributed by atoms with Crippen molar-refractivity contribution in [2.75, 3.05) is 32.1 Å². The summed E-state index contributed by atoms with van der Waals surface area (Å²) in [6, 6.07) is 4.58. The van der Waals surface area contributed by atoms with Gasteiger partial charge in [0.1, 0.15) is 5.82 Å². The summed E-state index contributed by atoms with van der Waals surface area (Å²) >= 11 is 1.40. The van der Waals surface area contributed by atoms with Gasteiger partial charge in [-0.2, -0.15) is 0 Å². The minimum Gasteiger partial charge on any atom is -0.309 e. The summed E-state index contributed by atoms with van der Waals surface area (Å²) in [5.41, 5.74) is 0.755. The molecule has 0 bridgehead atoms. The number of hydrogen-bond acceptors (Lipinski definition) is 4. The van der Waals surface area contributed by atoms with Crippen LogP contribution >= 0.6 is 23.7 Å². The summed E-state index contributed by atoms with van der Waals surface area (Å²) in [6.07, 6.45) is 3.98. The molecule has 1 amide bonds. The highest BCUT2D eigenvalue weighted by Gasteiger charge is 2.31. The molecule has 4 nitrogen and oxygen atoms in total. The van der Waals surface area contributed by atoms with E-state index in [2.05, 4.69) is 9.88 Å². The Labute approximate surface area is 152 Å². The SMILES string of the molecule is CN(C)CCCN(C(=O)C1CCC1)c1nc2ccc(F)cc2s1.Cl. The predicted molar refractivity (Wildman–Crippen MR) is 99.7 cm³/mol. The van der Waals surface area contributed by atoms with E-state index < -0.39 is 0 Å². The van der Waals surface area contributed by atoms with Crippen LogP contribution in [0.25, 0.3) is 10.2 Å². The van der Waals surface area contributed by atoms with Crippen molar-refractivity contribution in [3.8, 4) is 0 Å². The summed E-state index contributed by atoms with van der Waals surface area (Å²) < 4.78 is 14.2. The third-order valence-corrected chi connectivity index (χ3v) is 5.32. The number of halogens is 2. The lowest BCUT2D eigenvalue weighted by molar-refractivity contribution is -0.124. The number of thiazole rings is 1. The fraction of sp³-hybridized carbons (Fsp3) is 0.529. The molecule has 1 heterocycles. The van der Waals surface area contributed by atoms with Gasteiger partial charge in [-0.05, 0) is 58.1 Å². The van der Waals surface area contributed by atoms with Crippen LogP contribution in [0.15, 0.2) is 18.2 Å². The number of nitrogens with zero attached hydrogens (tertiary/aromatic N) is 3. The van der Waals surface area contributed by atoms with Crippen LogP contribution in [0.3, 0.4) is 0 Å². The number of carbonyl (C=O) groups is 1. The largest absolute Gasteiger partial charge is 0.309 e. The van der Waals surface area contributed by atoms with Gasteiger partial charge in [-0.25, -0.2) is 9.37 Å². The number of hydrogen-bond donors (Lipinski definition) is 0. The summed E-state index contributed by atoms with van der Waals surface area (Å²) in [4.78, 5) is 21.2. The van der Waals surface area contributed by atoms with E-state index in [4.69, 9.17) is 0 Å². The molecular weight excluding hydrogens is 349 g/mol. The Balaban J connectivity index is 0.00000208. The molecule has 1 aliphatic carbocycles. The number of anilines is 1. The average molecular weight is 372 g/mol. The van der Waals surface area contributed by atoms with E-state index in [9.17, 15) is 9.18 Å². The van der Waals surface area contributed by atoms with Gasteiger partial charge in [-0.1, -0.05) is 17.8 Å². The quantitative estimate of drug-likeness (QED) is 0.771. The lowest BCUT2D eigenvalue weighted by Crippen LogP contribution is -2.40. The highest BCUT2D eigenvalue weighted by molar-refractivity contribution is 7.22. The Morgan fingerprint density at radius 3 is 2.71 bits per heavy atom. The first kappa shape index (κ1) is 19.1. The molecule has 0 atom stereocenters. The van der Waals surface area contributed by atoms with Crippen LogP contribution in [-0.2, 0) is 4.79 Å². The van der Waals surface area contributed by atoms with Crippen molar-refractivity contribution in [1.29, 1.82) is 0 Å². The summed E-state index contributed by atoms with van der Waals surface area (Å²) in [5, 5.41) is 0.696. The molecule has 0 spiro atoms. The smallest absolute Gasteiger partial charge is 0.231 e. The Morgan fingerprint density at radius 1 is 1.33 bits per heavy atom. The van der Waals surface area contributed by atoms with E-state index in [-0.39, 0.29) is 30.0 Å². The van der Waals surface area contributed by atoms with Gasteiger partial charge in [0, 0.05) is 12.5 Å². The van der Waals surface area contributed by atoms with Crippen LogP contribution in [0.5, 0.6) is 0 Å². The number of amides is 1. The molecule has 1 saturated carbocycles. The Morgan fingerprint density at radius 2 is 2.08 bits per heavy atom. The Bertz CT molecular complexity index is 702. The van der Waals surface area contributed by atoms with E-state index in [0.29, 0.717) is 11.7 Å². The molecule has 1 aromatic carbocycles. The highest BCUT2D eigenvalue weighted by atomic mass is 35.5. The second kappa shape index (κ2) is 8.23. The van der Waals surface area contributed by atoms with Gasteiger partial charge < -0.3 is 4.90 Å². The summed E-state index contributed by atoms with van der Waals surface area (Å²) in [5.74, 6) is 0.0461. The first-order chi connectivity index (χ1) is 11.0. The molecule has 0 saturated heterocycles. The molecule has 1 aliphatic rings. The molecule has 7 heteroatoms. The maximum atomic E-state index is 13.4. The molecule has 2 aromatic rings.